The van der Waals surface area contributed by atoms with E-state index in [9.17, 15) is 13.2 Å². The Hall–Kier alpha value is -1.07. The van der Waals surface area contributed by atoms with Gasteiger partial charge in [-0.1, -0.05) is 24.6 Å². The molecule has 1 aliphatic heterocycles. The van der Waals surface area contributed by atoms with Gasteiger partial charge in [0, 0.05) is 19.1 Å². The predicted octanol–water partition coefficient (Wildman–Crippen LogP) is 3.28. The zero-order chi connectivity index (χ0) is 14.6. The summed E-state index contributed by atoms with van der Waals surface area (Å²) in [5, 5.41) is 3.17. The average molecular weight is 286 g/mol. The highest BCUT2D eigenvalue weighted by Gasteiger charge is 2.30. The third kappa shape index (κ3) is 3.96. The molecular weight excluding hydrogens is 265 g/mol. The van der Waals surface area contributed by atoms with E-state index in [1.807, 2.05) is 7.05 Å². The summed E-state index contributed by atoms with van der Waals surface area (Å²) >= 11 is 0. The van der Waals surface area contributed by atoms with Crippen molar-refractivity contribution in [2.45, 2.75) is 38.0 Å². The van der Waals surface area contributed by atoms with Crippen molar-refractivity contribution in [1.82, 2.24) is 10.2 Å². The molecule has 1 N–H and O–H groups in total. The zero-order valence-electron chi connectivity index (χ0n) is 11.7. The molecular formula is C15H21F3N2. The quantitative estimate of drug-likeness (QED) is 0.914. The fourth-order valence-electron chi connectivity index (χ4n) is 2.82. The van der Waals surface area contributed by atoms with Gasteiger partial charge in [-0.05, 0) is 38.1 Å². The zero-order valence-corrected chi connectivity index (χ0v) is 11.7. The average Bonchev–Trinajstić information content (AvgIpc) is 2.41. The third-order valence-corrected chi connectivity index (χ3v) is 3.83. The second-order valence-corrected chi connectivity index (χ2v) is 5.38. The van der Waals surface area contributed by atoms with Crippen molar-refractivity contribution in [3.8, 4) is 0 Å². The minimum absolute atomic E-state index is 0.420. The lowest BCUT2D eigenvalue weighted by molar-refractivity contribution is -0.137. The molecule has 1 saturated heterocycles. The second-order valence-electron chi connectivity index (χ2n) is 5.38. The normalized spacial score (nSPS) is 21.1. The summed E-state index contributed by atoms with van der Waals surface area (Å²) in [6.07, 6.45) is -0.827. The van der Waals surface area contributed by atoms with Crippen LogP contribution in [0.15, 0.2) is 24.3 Å². The van der Waals surface area contributed by atoms with Crippen LogP contribution in [-0.4, -0.2) is 31.1 Å². The molecule has 1 unspecified atom stereocenters. The lowest BCUT2D eigenvalue weighted by Gasteiger charge is -2.35. The van der Waals surface area contributed by atoms with Gasteiger partial charge in [0.15, 0.2) is 0 Å². The minimum Gasteiger partial charge on any atom is -0.318 e. The fraction of sp³-hybridized carbons (Fsp3) is 0.600. The molecule has 0 bridgehead atoms. The van der Waals surface area contributed by atoms with Crippen molar-refractivity contribution in [3.63, 3.8) is 0 Å². The molecule has 2 rings (SSSR count). The predicted molar refractivity (Wildman–Crippen MR) is 73.4 cm³/mol. The Bertz CT molecular complexity index is 429. The topological polar surface area (TPSA) is 15.3 Å². The van der Waals surface area contributed by atoms with Gasteiger partial charge in [0.25, 0.3) is 0 Å². The molecule has 1 atom stereocenters. The number of likely N-dealkylation sites (tertiary alicyclic amines) is 1. The minimum atomic E-state index is -4.26. The molecule has 20 heavy (non-hydrogen) atoms. The van der Waals surface area contributed by atoms with E-state index in [0.717, 1.165) is 37.6 Å². The largest absolute Gasteiger partial charge is 0.416 e. The van der Waals surface area contributed by atoms with Crippen LogP contribution < -0.4 is 5.32 Å². The Balaban J connectivity index is 2.08. The van der Waals surface area contributed by atoms with E-state index in [1.165, 1.54) is 18.6 Å². The maximum Gasteiger partial charge on any atom is 0.416 e. The van der Waals surface area contributed by atoms with Crippen LogP contribution in [0.1, 0.15) is 30.4 Å². The molecule has 0 aromatic heterocycles. The Morgan fingerprint density at radius 3 is 2.80 bits per heavy atom. The first-order valence-electron chi connectivity index (χ1n) is 7.05. The van der Waals surface area contributed by atoms with Gasteiger partial charge >= 0.3 is 6.18 Å². The molecule has 0 aliphatic carbocycles. The summed E-state index contributed by atoms with van der Waals surface area (Å²) in [5.41, 5.74) is 0.181. The number of piperidine rings is 1. The highest BCUT2D eigenvalue weighted by atomic mass is 19.4. The maximum absolute atomic E-state index is 12.7. The first kappa shape index (κ1) is 15.3. The van der Waals surface area contributed by atoms with Gasteiger partial charge < -0.3 is 5.32 Å². The van der Waals surface area contributed by atoms with E-state index in [2.05, 4.69) is 10.2 Å². The van der Waals surface area contributed by atoms with Crippen LogP contribution in [0, 0.1) is 0 Å². The number of rotatable bonds is 4. The molecule has 1 fully saturated rings. The van der Waals surface area contributed by atoms with Gasteiger partial charge in [0.05, 0.1) is 5.56 Å². The van der Waals surface area contributed by atoms with Crippen molar-refractivity contribution < 1.29 is 13.2 Å². The van der Waals surface area contributed by atoms with E-state index in [-0.39, 0.29) is 0 Å². The van der Waals surface area contributed by atoms with Crippen LogP contribution in [0.2, 0.25) is 0 Å². The standard InChI is InChI=1S/C15H21F3N2/c1-19-10-14-7-2-3-8-20(14)11-12-5-4-6-13(9-12)15(16,17)18/h4-6,9,14,19H,2-3,7-8,10-11H2,1H3. The van der Waals surface area contributed by atoms with Gasteiger partial charge in [-0.3, -0.25) is 4.90 Å². The maximum atomic E-state index is 12.7. The van der Waals surface area contributed by atoms with Crippen LogP contribution in [0.4, 0.5) is 13.2 Å². The van der Waals surface area contributed by atoms with Crippen LogP contribution >= 0.6 is 0 Å². The van der Waals surface area contributed by atoms with Crippen molar-refractivity contribution in [2.24, 2.45) is 0 Å². The third-order valence-electron chi connectivity index (χ3n) is 3.83. The van der Waals surface area contributed by atoms with Gasteiger partial charge in [0.2, 0.25) is 0 Å². The van der Waals surface area contributed by atoms with Gasteiger partial charge in [-0.15, -0.1) is 0 Å². The van der Waals surface area contributed by atoms with Crippen LogP contribution in [0.5, 0.6) is 0 Å². The van der Waals surface area contributed by atoms with Crippen molar-refractivity contribution in [3.05, 3.63) is 35.4 Å². The molecule has 1 aliphatic rings. The molecule has 0 amide bonds. The molecule has 112 valence electrons. The summed E-state index contributed by atoms with van der Waals surface area (Å²) < 4.78 is 38.2. The molecule has 0 radical (unpaired) electrons. The van der Waals surface area contributed by atoms with Gasteiger partial charge in [-0.2, -0.15) is 13.2 Å². The van der Waals surface area contributed by atoms with Gasteiger partial charge in [0.1, 0.15) is 0 Å². The SMILES string of the molecule is CNCC1CCCCN1Cc1cccc(C(F)(F)F)c1. The first-order chi connectivity index (χ1) is 9.50. The Morgan fingerprint density at radius 1 is 1.30 bits per heavy atom. The highest BCUT2D eigenvalue weighted by molar-refractivity contribution is 5.25. The van der Waals surface area contributed by atoms with Gasteiger partial charge in [-0.25, -0.2) is 0 Å². The number of halogens is 3. The number of nitrogens with zero attached hydrogens (tertiary/aromatic N) is 1. The van der Waals surface area contributed by atoms with Crippen molar-refractivity contribution >= 4 is 0 Å². The second kappa shape index (κ2) is 6.59. The smallest absolute Gasteiger partial charge is 0.318 e. The molecule has 2 nitrogen and oxygen atoms in total. The summed E-state index contributed by atoms with van der Waals surface area (Å²) in [6, 6.07) is 6.09. The van der Waals surface area contributed by atoms with E-state index in [1.54, 1.807) is 6.07 Å². The molecule has 0 spiro atoms. The first-order valence-corrected chi connectivity index (χ1v) is 7.05. The lowest BCUT2D eigenvalue weighted by atomic mass is 10.0. The van der Waals surface area contributed by atoms with Crippen molar-refractivity contribution in [1.29, 1.82) is 0 Å². The Labute approximate surface area is 118 Å². The van der Waals surface area contributed by atoms with Crippen LogP contribution in [0.3, 0.4) is 0 Å². The summed E-state index contributed by atoms with van der Waals surface area (Å²) in [5.74, 6) is 0. The van der Waals surface area contributed by atoms with E-state index >= 15 is 0 Å². The van der Waals surface area contributed by atoms with Crippen LogP contribution in [-0.2, 0) is 12.7 Å². The molecule has 1 aromatic rings. The van der Waals surface area contributed by atoms with E-state index < -0.39 is 11.7 Å². The number of hydrogen-bond donors (Lipinski definition) is 1. The lowest BCUT2D eigenvalue weighted by Crippen LogP contribution is -2.44. The van der Waals surface area contributed by atoms with Crippen molar-refractivity contribution in [2.75, 3.05) is 20.1 Å². The molecule has 5 heteroatoms. The number of benzene rings is 1. The highest BCUT2D eigenvalue weighted by Crippen LogP contribution is 2.30. The summed E-state index contributed by atoms with van der Waals surface area (Å²) in [4.78, 5) is 2.29. The Morgan fingerprint density at radius 2 is 2.10 bits per heavy atom. The number of hydrogen-bond acceptors (Lipinski definition) is 2. The molecule has 0 saturated carbocycles. The number of likely N-dealkylation sites (N-methyl/N-ethyl adjacent to an activating group) is 1. The summed E-state index contributed by atoms with van der Waals surface area (Å²) in [7, 11) is 1.91. The number of alkyl halides is 3. The fourth-order valence-corrected chi connectivity index (χ4v) is 2.82. The van der Waals surface area contributed by atoms with E-state index in [4.69, 9.17) is 0 Å². The molecule has 1 aromatic carbocycles. The summed E-state index contributed by atoms with van der Waals surface area (Å²) in [6.45, 7) is 2.44. The van der Waals surface area contributed by atoms with E-state index in [0.29, 0.717) is 12.6 Å². The monoisotopic (exact) mass is 286 g/mol. The number of nitrogens with one attached hydrogen (secondary N) is 1. The van der Waals surface area contributed by atoms with Crippen LogP contribution in [0.25, 0.3) is 0 Å². The molecule has 1 heterocycles. The Kier molecular flexibility index (Phi) is 5.05.